The normalized spacial score (nSPS) is 14.4. The Balaban J connectivity index is 1.72. The van der Waals surface area contributed by atoms with Crippen molar-refractivity contribution < 1.29 is 14.3 Å². The Morgan fingerprint density at radius 1 is 1.42 bits per heavy atom. The summed E-state index contributed by atoms with van der Waals surface area (Å²) in [5.41, 5.74) is 2.46. The number of nitrogens with zero attached hydrogens (tertiary/aromatic N) is 4. The van der Waals surface area contributed by atoms with Crippen LogP contribution in [0.4, 0.5) is 0 Å². The summed E-state index contributed by atoms with van der Waals surface area (Å²) in [5.74, 6) is -0.727. The predicted octanol–water partition coefficient (Wildman–Crippen LogP) is 1.25. The van der Waals surface area contributed by atoms with Crippen LogP contribution in [0.25, 0.3) is 5.57 Å². The molecule has 8 nitrogen and oxygen atoms in total. The van der Waals surface area contributed by atoms with Crippen molar-refractivity contribution in [3.63, 3.8) is 0 Å². The maximum atomic E-state index is 12.6. The molecule has 0 radical (unpaired) electrons. The van der Waals surface area contributed by atoms with Crippen LogP contribution in [0.5, 0.6) is 0 Å². The molecule has 1 aliphatic heterocycles. The number of hydrogen-bond acceptors (Lipinski definition) is 5. The van der Waals surface area contributed by atoms with Crippen LogP contribution in [0.15, 0.2) is 24.5 Å². The first-order valence-electron chi connectivity index (χ1n) is 7.78. The Labute approximate surface area is 139 Å². The van der Waals surface area contributed by atoms with Gasteiger partial charge < -0.3 is 9.64 Å². The maximum Gasteiger partial charge on any atom is 0.356 e. The Hall–Kier alpha value is -2.90. The third kappa shape index (κ3) is 3.22. The lowest BCUT2D eigenvalue weighted by Crippen LogP contribution is -2.35. The Kier molecular flexibility index (Phi) is 4.45. The average Bonchev–Trinajstić information content (AvgIpc) is 3.24. The van der Waals surface area contributed by atoms with Gasteiger partial charge in [0, 0.05) is 38.0 Å². The van der Waals surface area contributed by atoms with Crippen molar-refractivity contribution in [3.05, 3.63) is 41.5 Å². The Morgan fingerprint density at radius 3 is 2.96 bits per heavy atom. The second kappa shape index (κ2) is 6.69. The van der Waals surface area contributed by atoms with Crippen molar-refractivity contribution >= 4 is 17.4 Å². The highest BCUT2D eigenvalue weighted by Crippen LogP contribution is 2.21. The van der Waals surface area contributed by atoms with Crippen LogP contribution in [-0.4, -0.2) is 56.5 Å². The van der Waals surface area contributed by atoms with Crippen molar-refractivity contribution in [2.75, 3.05) is 19.7 Å². The molecule has 24 heavy (non-hydrogen) atoms. The quantitative estimate of drug-likeness (QED) is 0.852. The van der Waals surface area contributed by atoms with E-state index in [2.05, 4.69) is 21.4 Å². The number of aromatic nitrogens is 4. The number of aryl methyl sites for hydroxylation is 1. The third-order valence-corrected chi connectivity index (χ3v) is 3.81. The topological polar surface area (TPSA) is 93.1 Å². The van der Waals surface area contributed by atoms with Gasteiger partial charge in [0.05, 0.1) is 12.8 Å². The third-order valence-electron chi connectivity index (χ3n) is 3.81. The first-order chi connectivity index (χ1) is 11.6. The maximum absolute atomic E-state index is 12.6. The zero-order valence-corrected chi connectivity index (χ0v) is 13.7. The van der Waals surface area contributed by atoms with Crippen LogP contribution in [0, 0.1) is 0 Å². The second-order valence-electron chi connectivity index (χ2n) is 5.53. The van der Waals surface area contributed by atoms with Crippen molar-refractivity contribution in [1.82, 2.24) is 24.9 Å². The summed E-state index contributed by atoms with van der Waals surface area (Å²) < 4.78 is 6.62. The number of nitrogens with one attached hydrogen (secondary N) is 1. The van der Waals surface area contributed by atoms with Crippen LogP contribution in [0.3, 0.4) is 0 Å². The molecule has 0 saturated carbocycles. The summed E-state index contributed by atoms with van der Waals surface area (Å²) in [6, 6.07) is 1.43. The van der Waals surface area contributed by atoms with Crippen LogP contribution < -0.4 is 0 Å². The molecule has 0 atom stereocenters. The van der Waals surface area contributed by atoms with Gasteiger partial charge in [0.25, 0.3) is 5.91 Å². The number of H-pyrrole nitrogens is 1. The minimum absolute atomic E-state index is 0.181. The largest absolute Gasteiger partial charge is 0.461 e. The van der Waals surface area contributed by atoms with Crippen LogP contribution in [0.1, 0.15) is 39.9 Å². The highest BCUT2D eigenvalue weighted by atomic mass is 16.5. The van der Waals surface area contributed by atoms with Gasteiger partial charge in [-0.25, -0.2) is 4.79 Å². The fourth-order valence-electron chi connectivity index (χ4n) is 2.62. The van der Waals surface area contributed by atoms with E-state index in [1.165, 1.54) is 6.07 Å². The fraction of sp³-hybridized carbons (Fsp3) is 0.375. The number of esters is 1. The summed E-state index contributed by atoms with van der Waals surface area (Å²) in [6.45, 7) is 3.10. The summed E-state index contributed by atoms with van der Waals surface area (Å²) in [7, 11) is 1.86. The van der Waals surface area contributed by atoms with E-state index in [-0.39, 0.29) is 23.9 Å². The SMILES string of the molecule is CCOC(=O)c1cc(C(=O)N2CCC=C(c3cnn(C)c3)C2)n[nH]1. The fourth-order valence-corrected chi connectivity index (χ4v) is 2.62. The van der Waals surface area contributed by atoms with Crippen LogP contribution >= 0.6 is 0 Å². The Bertz CT molecular complexity index is 789. The number of rotatable bonds is 4. The van der Waals surface area contributed by atoms with Gasteiger partial charge in [-0.1, -0.05) is 6.08 Å². The lowest BCUT2D eigenvalue weighted by molar-refractivity contribution is 0.0519. The van der Waals surface area contributed by atoms with Crippen molar-refractivity contribution in [1.29, 1.82) is 0 Å². The van der Waals surface area contributed by atoms with E-state index in [0.29, 0.717) is 13.1 Å². The molecule has 0 bridgehead atoms. The van der Waals surface area contributed by atoms with Crippen molar-refractivity contribution in [3.8, 4) is 0 Å². The first kappa shape index (κ1) is 16.0. The van der Waals surface area contributed by atoms with Crippen molar-refractivity contribution in [2.24, 2.45) is 7.05 Å². The smallest absolute Gasteiger partial charge is 0.356 e. The number of hydrogen-bond donors (Lipinski definition) is 1. The lowest BCUT2D eigenvalue weighted by Gasteiger charge is -2.26. The van der Waals surface area contributed by atoms with E-state index < -0.39 is 5.97 Å². The second-order valence-corrected chi connectivity index (χ2v) is 5.53. The molecular formula is C16H19N5O3. The zero-order chi connectivity index (χ0) is 17.1. The number of carbonyl (C=O) groups excluding carboxylic acids is 2. The van der Waals surface area contributed by atoms with Gasteiger partial charge in [-0.15, -0.1) is 0 Å². The molecule has 2 aromatic heterocycles. The molecule has 126 valence electrons. The lowest BCUT2D eigenvalue weighted by atomic mass is 10.0. The molecule has 3 heterocycles. The van der Waals surface area contributed by atoms with Gasteiger partial charge in [0.15, 0.2) is 5.69 Å². The number of carbonyl (C=O) groups is 2. The van der Waals surface area contributed by atoms with Gasteiger partial charge in [-0.3, -0.25) is 14.6 Å². The van der Waals surface area contributed by atoms with E-state index in [1.807, 2.05) is 13.2 Å². The monoisotopic (exact) mass is 329 g/mol. The minimum Gasteiger partial charge on any atom is -0.461 e. The predicted molar refractivity (Wildman–Crippen MR) is 86.2 cm³/mol. The van der Waals surface area contributed by atoms with Gasteiger partial charge in [0.1, 0.15) is 5.69 Å². The summed E-state index contributed by atoms with van der Waals surface area (Å²) in [4.78, 5) is 26.0. The van der Waals surface area contributed by atoms with E-state index in [4.69, 9.17) is 4.74 Å². The van der Waals surface area contributed by atoms with E-state index in [0.717, 1.165) is 17.6 Å². The van der Waals surface area contributed by atoms with Gasteiger partial charge in [0.2, 0.25) is 0 Å². The number of aromatic amines is 1. The molecular weight excluding hydrogens is 310 g/mol. The standard InChI is InChI=1S/C16H19N5O3/c1-3-24-16(23)14-7-13(18-19-14)15(22)21-6-4-5-11(10-21)12-8-17-20(2)9-12/h5,7-9H,3-4,6,10H2,1-2H3,(H,18,19). The molecule has 1 amide bonds. The molecule has 3 rings (SSSR count). The summed E-state index contributed by atoms with van der Waals surface area (Å²) in [6.07, 6.45) is 6.60. The molecule has 0 spiro atoms. The van der Waals surface area contributed by atoms with E-state index in [1.54, 1.807) is 22.7 Å². The highest BCUT2D eigenvalue weighted by molar-refractivity contribution is 5.96. The number of amides is 1. The molecule has 0 fully saturated rings. The van der Waals surface area contributed by atoms with E-state index in [9.17, 15) is 9.59 Å². The first-order valence-corrected chi connectivity index (χ1v) is 7.78. The molecule has 2 aromatic rings. The minimum atomic E-state index is -0.515. The molecule has 0 saturated heterocycles. The average molecular weight is 329 g/mol. The molecule has 0 unspecified atom stereocenters. The molecule has 1 aliphatic rings. The molecule has 1 N–H and O–H groups in total. The van der Waals surface area contributed by atoms with Crippen LogP contribution in [0.2, 0.25) is 0 Å². The molecule has 0 aliphatic carbocycles. The highest BCUT2D eigenvalue weighted by Gasteiger charge is 2.24. The summed E-state index contributed by atoms with van der Waals surface area (Å²) >= 11 is 0. The van der Waals surface area contributed by atoms with Gasteiger partial charge in [-0.05, 0) is 18.9 Å². The Morgan fingerprint density at radius 2 is 2.25 bits per heavy atom. The zero-order valence-electron chi connectivity index (χ0n) is 13.7. The van der Waals surface area contributed by atoms with Gasteiger partial charge >= 0.3 is 5.97 Å². The molecule has 0 aromatic carbocycles. The van der Waals surface area contributed by atoms with Crippen molar-refractivity contribution in [2.45, 2.75) is 13.3 Å². The van der Waals surface area contributed by atoms with E-state index >= 15 is 0 Å². The number of ether oxygens (including phenoxy) is 1. The van der Waals surface area contributed by atoms with Crippen LogP contribution in [-0.2, 0) is 11.8 Å². The summed E-state index contributed by atoms with van der Waals surface area (Å²) in [5, 5.41) is 10.7. The molecule has 8 heteroatoms. The van der Waals surface area contributed by atoms with Gasteiger partial charge in [-0.2, -0.15) is 10.2 Å².